The summed E-state index contributed by atoms with van der Waals surface area (Å²) >= 11 is 3.50. The van der Waals surface area contributed by atoms with Crippen molar-refractivity contribution in [2.24, 2.45) is 0 Å². The Bertz CT molecular complexity index is 2780. The molecule has 10 rings (SSSR count). The summed E-state index contributed by atoms with van der Waals surface area (Å²) in [6, 6.07) is 45.7. The largest absolute Gasteiger partial charge is 0.456 e. The van der Waals surface area contributed by atoms with E-state index in [2.05, 4.69) is 66.7 Å². The topological polar surface area (TPSA) is 64.7 Å². The van der Waals surface area contributed by atoms with E-state index in [-0.39, 0.29) is 0 Å². The van der Waals surface area contributed by atoms with Crippen molar-refractivity contribution >= 4 is 75.0 Å². The van der Waals surface area contributed by atoms with Gasteiger partial charge in [-0.15, -0.1) is 22.7 Å². The number of furan rings is 1. The summed E-state index contributed by atoms with van der Waals surface area (Å²) in [6.07, 6.45) is 0. The lowest BCUT2D eigenvalue weighted by Crippen LogP contribution is -2.00. The van der Waals surface area contributed by atoms with Crippen molar-refractivity contribution in [3.05, 3.63) is 133 Å². The standard InChI is InChI=1S/C40H22N4OS2/c1-2-10-23(11-3-1)37-42-38(27-14-9-18-32-35(27)26-12-4-6-17-31(26)45-32)44-39(43-37)28-15-8-13-25-29-22-24(20-21-33(29)46-36(25)28)40-41-30-16-5-7-19-34(30)47-40/h1-22H. The molecule has 6 aromatic carbocycles. The molecular weight excluding hydrogens is 617 g/mol. The third kappa shape index (κ3) is 4.28. The van der Waals surface area contributed by atoms with Crippen molar-refractivity contribution in [3.63, 3.8) is 0 Å². The highest BCUT2D eigenvalue weighted by Crippen LogP contribution is 2.42. The van der Waals surface area contributed by atoms with Crippen LogP contribution in [0.1, 0.15) is 0 Å². The molecule has 0 fully saturated rings. The Morgan fingerprint density at radius 3 is 2.09 bits per heavy atom. The highest BCUT2D eigenvalue weighted by Gasteiger charge is 2.20. The van der Waals surface area contributed by atoms with E-state index in [9.17, 15) is 0 Å². The Morgan fingerprint density at radius 2 is 1.17 bits per heavy atom. The van der Waals surface area contributed by atoms with Gasteiger partial charge in [-0.25, -0.2) is 19.9 Å². The molecule has 7 heteroatoms. The number of aromatic nitrogens is 4. The summed E-state index contributed by atoms with van der Waals surface area (Å²) in [5, 5.41) is 5.45. The minimum atomic E-state index is 0.613. The van der Waals surface area contributed by atoms with Gasteiger partial charge in [-0.3, -0.25) is 0 Å². The molecule has 47 heavy (non-hydrogen) atoms. The van der Waals surface area contributed by atoms with Crippen molar-refractivity contribution in [2.75, 3.05) is 0 Å². The average molecular weight is 639 g/mol. The SMILES string of the molecule is c1ccc(-c2nc(-c3cccc4c3sc3ccc(-c5nc6ccccc6s5)cc34)nc(-c3cccc4oc5ccccc5c34)n2)cc1. The summed E-state index contributed by atoms with van der Waals surface area (Å²) in [5.74, 6) is 1.89. The second kappa shape index (κ2) is 10.4. The first-order chi connectivity index (χ1) is 23.3. The first kappa shape index (κ1) is 26.5. The molecule has 0 saturated carbocycles. The van der Waals surface area contributed by atoms with Crippen LogP contribution in [0.15, 0.2) is 138 Å². The maximum absolute atomic E-state index is 6.22. The molecule has 0 N–H and O–H groups in total. The molecule has 220 valence electrons. The minimum Gasteiger partial charge on any atom is -0.456 e. The van der Waals surface area contributed by atoms with Gasteiger partial charge < -0.3 is 4.42 Å². The van der Waals surface area contributed by atoms with E-state index in [0.717, 1.165) is 59.4 Å². The van der Waals surface area contributed by atoms with Gasteiger partial charge in [-0.05, 0) is 42.5 Å². The van der Waals surface area contributed by atoms with Gasteiger partial charge in [0.15, 0.2) is 17.5 Å². The van der Waals surface area contributed by atoms with E-state index in [0.29, 0.717) is 17.5 Å². The monoisotopic (exact) mass is 638 g/mol. The van der Waals surface area contributed by atoms with E-state index in [1.807, 2.05) is 66.7 Å². The van der Waals surface area contributed by atoms with Gasteiger partial charge in [0.1, 0.15) is 16.2 Å². The molecule has 0 atom stereocenters. The van der Waals surface area contributed by atoms with Gasteiger partial charge in [0.25, 0.3) is 0 Å². The third-order valence-corrected chi connectivity index (χ3v) is 10.9. The van der Waals surface area contributed by atoms with E-state index in [1.54, 1.807) is 22.7 Å². The minimum absolute atomic E-state index is 0.613. The van der Waals surface area contributed by atoms with Crippen molar-refractivity contribution in [2.45, 2.75) is 0 Å². The number of benzene rings is 6. The van der Waals surface area contributed by atoms with Crippen LogP contribution in [0.3, 0.4) is 0 Å². The predicted molar refractivity (Wildman–Crippen MR) is 195 cm³/mol. The van der Waals surface area contributed by atoms with E-state index in [4.69, 9.17) is 24.4 Å². The second-order valence-corrected chi connectivity index (χ2v) is 13.5. The zero-order valence-electron chi connectivity index (χ0n) is 24.7. The van der Waals surface area contributed by atoms with Gasteiger partial charge in [0.2, 0.25) is 0 Å². The highest BCUT2D eigenvalue weighted by atomic mass is 32.1. The number of nitrogens with zero attached hydrogens (tertiary/aromatic N) is 4. The maximum atomic E-state index is 6.22. The zero-order valence-corrected chi connectivity index (χ0v) is 26.3. The Labute approximate surface area is 276 Å². The van der Waals surface area contributed by atoms with Crippen LogP contribution in [0.2, 0.25) is 0 Å². The number of thiazole rings is 1. The molecule has 0 aliphatic rings. The Morgan fingerprint density at radius 1 is 0.447 bits per heavy atom. The lowest BCUT2D eigenvalue weighted by Gasteiger charge is -2.10. The second-order valence-electron chi connectivity index (χ2n) is 11.4. The summed E-state index contributed by atoms with van der Waals surface area (Å²) in [7, 11) is 0. The highest BCUT2D eigenvalue weighted by molar-refractivity contribution is 7.26. The molecule has 0 saturated heterocycles. The van der Waals surface area contributed by atoms with Gasteiger partial charge in [-0.1, -0.05) is 91.0 Å². The van der Waals surface area contributed by atoms with E-state index in [1.165, 1.54) is 20.2 Å². The van der Waals surface area contributed by atoms with Crippen LogP contribution in [0.4, 0.5) is 0 Å². The molecule has 0 aliphatic carbocycles. The molecule has 4 aromatic heterocycles. The maximum Gasteiger partial charge on any atom is 0.165 e. The summed E-state index contributed by atoms with van der Waals surface area (Å²) in [4.78, 5) is 20.2. The number of hydrogen-bond donors (Lipinski definition) is 0. The first-order valence-corrected chi connectivity index (χ1v) is 16.9. The van der Waals surface area contributed by atoms with Crippen molar-refractivity contribution in [1.29, 1.82) is 0 Å². The molecule has 0 amide bonds. The lowest BCUT2D eigenvalue weighted by atomic mass is 10.0. The van der Waals surface area contributed by atoms with Gasteiger partial charge in [0.05, 0.1) is 10.2 Å². The van der Waals surface area contributed by atoms with Crippen molar-refractivity contribution in [1.82, 2.24) is 19.9 Å². The summed E-state index contributed by atoms with van der Waals surface area (Å²) in [5.41, 5.74) is 6.63. The molecule has 0 unspecified atom stereocenters. The fourth-order valence-electron chi connectivity index (χ4n) is 6.40. The van der Waals surface area contributed by atoms with Crippen LogP contribution in [0.5, 0.6) is 0 Å². The molecule has 0 bridgehead atoms. The molecular formula is C40H22N4OS2. The number of fused-ring (bicyclic) bond motifs is 7. The van der Waals surface area contributed by atoms with Crippen LogP contribution < -0.4 is 0 Å². The molecule has 0 aliphatic heterocycles. The number of thiophene rings is 1. The molecule has 0 radical (unpaired) electrons. The van der Waals surface area contributed by atoms with Crippen LogP contribution in [0, 0.1) is 0 Å². The zero-order chi connectivity index (χ0) is 30.9. The first-order valence-electron chi connectivity index (χ1n) is 15.3. The van der Waals surface area contributed by atoms with Gasteiger partial charge in [-0.2, -0.15) is 0 Å². The summed E-state index contributed by atoms with van der Waals surface area (Å²) in [6.45, 7) is 0. The average Bonchev–Trinajstić information content (AvgIpc) is 3.85. The van der Waals surface area contributed by atoms with Gasteiger partial charge in [0, 0.05) is 53.2 Å². The van der Waals surface area contributed by atoms with Gasteiger partial charge >= 0.3 is 0 Å². The fourth-order valence-corrected chi connectivity index (χ4v) is 8.55. The number of hydrogen-bond acceptors (Lipinski definition) is 7. The van der Waals surface area contributed by atoms with Crippen molar-refractivity contribution < 1.29 is 4.42 Å². The van der Waals surface area contributed by atoms with Crippen LogP contribution in [-0.2, 0) is 0 Å². The molecule has 4 heterocycles. The Kier molecular flexibility index (Phi) is 5.85. The smallest absolute Gasteiger partial charge is 0.165 e. The van der Waals surface area contributed by atoms with Crippen LogP contribution >= 0.6 is 22.7 Å². The van der Waals surface area contributed by atoms with E-state index >= 15 is 0 Å². The molecule has 5 nitrogen and oxygen atoms in total. The van der Waals surface area contributed by atoms with Crippen LogP contribution in [0.25, 0.3) is 97.1 Å². The summed E-state index contributed by atoms with van der Waals surface area (Å²) < 4.78 is 9.77. The third-order valence-electron chi connectivity index (χ3n) is 8.59. The molecule has 10 aromatic rings. The normalized spacial score (nSPS) is 11.8. The number of para-hydroxylation sites is 2. The Balaban J connectivity index is 1.19. The van der Waals surface area contributed by atoms with Crippen molar-refractivity contribution in [3.8, 4) is 44.7 Å². The quantitative estimate of drug-likeness (QED) is 0.192. The fraction of sp³-hybridized carbons (Fsp3) is 0. The lowest BCUT2D eigenvalue weighted by molar-refractivity contribution is 0.669. The molecule has 0 spiro atoms. The number of rotatable bonds is 4. The van der Waals surface area contributed by atoms with Crippen LogP contribution in [-0.4, -0.2) is 19.9 Å². The Hall–Kier alpha value is -5.76. The van der Waals surface area contributed by atoms with E-state index < -0.39 is 0 Å². The predicted octanol–water partition coefficient (Wildman–Crippen LogP) is 11.4.